The summed E-state index contributed by atoms with van der Waals surface area (Å²) in [6.45, 7) is 4.59. The molecule has 0 bridgehead atoms. The summed E-state index contributed by atoms with van der Waals surface area (Å²) in [6.07, 6.45) is 7.11. The van der Waals surface area contributed by atoms with Crippen molar-refractivity contribution in [2.75, 3.05) is 26.2 Å². The number of nitrogens with zero attached hydrogens (tertiary/aromatic N) is 1. The third-order valence-corrected chi connectivity index (χ3v) is 5.77. The average molecular weight is 298 g/mol. The molecule has 2 aliphatic carbocycles. The highest BCUT2D eigenvalue weighted by atomic mass is 16.1. The van der Waals surface area contributed by atoms with Crippen molar-refractivity contribution >= 4 is 5.91 Å². The number of carbonyl (C=O) groups is 1. The van der Waals surface area contributed by atoms with Crippen LogP contribution in [0.1, 0.15) is 36.8 Å². The van der Waals surface area contributed by atoms with Crippen LogP contribution in [-0.4, -0.2) is 37.0 Å². The third kappa shape index (κ3) is 2.91. The topological polar surface area (TPSA) is 32.3 Å². The summed E-state index contributed by atoms with van der Waals surface area (Å²) in [6, 6.07) is 8.49. The third-order valence-electron chi connectivity index (χ3n) is 5.77. The number of fused-ring (bicyclic) bond motifs is 1. The number of rotatable bonds is 5. The van der Waals surface area contributed by atoms with Gasteiger partial charge in [-0.2, -0.15) is 0 Å². The lowest BCUT2D eigenvalue weighted by atomic mass is 10.0. The van der Waals surface area contributed by atoms with Gasteiger partial charge >= 0.3 is 0 Å². The fourth-order valence-corrected chi connectivity index (χ4v) is 4.15. The van der Waals surface area contributed by atoms with Crippen LogP contribution < -0.4 is 5.32 Å². The highest BCUT2D eigenvalue weighted by Crippen LogP contribution is 2.46. The highest BCUT2D eigenvalue weighted by molar-refractivity contribution is 5.80. The number of carbonyl (C=O) groups excluding carboxylic acids is 1. The molecule has 1 N–H and O–H groups in total. The fourth-order valence-electron chi connectivity index (χ4n) is 4.15. The van der Waals surface area contributed by atoms with Crippen molar-refractivity contribution in [1.82, 2.24) is 10.2 Å². The van der Waals surface area contributed by atoms with Crippen molar-refractivity contribution in [3.8, 4) is 0 Å². The molecule has 0 radical (unpaired) electrons. The van der Waals surface area contributed by atoms with Crippen LogP contribution in [0.2, 0.25) is 0 Å². The zero-order chi connectivity index (χ0) is 15.0. The van der Waals surface area contributed by atoms with Crippen molar-refractivity contribution in [1.29, 1.82) is 0 Å². The molecular formula is C19H26N2O. The van der Waals surface area contributed by atoms with Crippen LogP contribution in [0.4, 0.5) is 0 Å². The molecule has 1 aromatic carbocycles. The molecule has 3 heteroatoms. The van der Waals surface area contributed by atoms with E-state index < -0.39 is 0 Å². The van der Waals surface area contributed by atoms with Crippen LogP contribution in [0, 0.1) is 11.3 Å². The van der Waals surface area contributed by atoms with E-state index in [-0.39, 0.29) is 11.8 Å². The highest BCUT2D eigenvalue weighted by Gasteiger charge is 2.44. The van der Waals surface area contributed by atoms with Crippen LogP contribution in [-0.2, 0) is 17.6 Å². The van der Waals surface area contributed by atoms with Crippen molar-refractivity contribution in [3.05, 3.63) is 35.4 Å². The molecule has 0 atom stereocenters. The lowest BCUT2D eigenvalue weighted by Gasteiger charge is -2.23. The predicted molar refractivity (Wildman–Crippen MR) is 87.7 cm³/mol. The Morgan fingerprint density at radius 1 is 1.14 bits per heavy atom. The molecule has 1 saturated carbocycles. The van der Waals surface area contributed by atoms with Gasteiger partial charge in [0.15, 0.2) is 0 Å². The Labute approximate surface area is 133 Å². The van der Waals surface area contributed by atoms with E-state index in [0.717, 1.165) is 19.4 Å². The van der Waals surface area contributed by atoms with Gasteiger partial charge in [0.05, 0.1) is 0 Å². The first-order valence-corrected chi connectivity index (χ1v) is 8.81. The molecule has 1 aliphatic heterocycles. The lowest BCUT2D eigenvalue weighted by molar-refractivity contribution is -0.125. The van der Waals surface area contributed by atoms with E-state index in [0.29, 0.717) is 5.41 Å². The molecule has 1 saturated heterocycles. The van der Waals surface area contributed by atoms with Gasteiger partial charge < -0.3 is 10.2 Å². The molecule has 3 nitrogen and oxygen atoms in total. The van der Waals surface area contributed by atoms with E-state index in [9.17, 15) is 4.79 Å². The lowest BCUT2D eigenvalue weighted by Crippen LogP contribution is -2.39. The normalized spacial score (nSPS) is 23.5. The molecule has 0 spiro atoms. The van der Waals surface area contributed by atoms with Gasteiger partial charge in [0.25, 0.3) is 0 Å². The van der Waals surface area contributed by atoms with Gasteiger partial charge in [-0.1, -0.05) is 24.3 Å². The van der Waals surface area contributed by atoms with E-state index in [4.69, 9.17) is 0 Å². The first kappa shape index (κ1) is 14.3. The van der Waals surface area contributed by atoms with E-state index in [2.05, 4.69) is 34.5 Å². The van der Waals surface area contributed by atoms with Gasteiger partial charge in [-0.15, -0.1) is 0 Å². The minimum atomic E-state index is 0.153. The Balaban J connectivity index is 1.28. The van der Waals surface area contributed by atoms with E-state index >= 15 is 0 Å². The zero-order valence-electron chi connectivity index (χ0n) is 13.3. The summed E-state index contributed by atoms with van der Waals surface area (Å²) in [4.78, 5) is 15.1. The number of nitrogens with one attached hydrogen (secondary N) is 1. The van der Waals surface area contributed by atoms with Gasteiger partial charge in [-0.3, -0.25) is 4.79 Å². The largest absolute Gasteiger partial charge is 0.355 e. The van der Waals surface area contributed by atoms with Crippen molar-refractivity contribution in [2.24, 2.45) is 11.3 Å². The molecule has 0 unspecified atom stereocenters. The molecule has 4 rings (SSSR count). The molecule has 118 valence electrons. The maximum atomic E-state index is 12.5. The fraction of sp³-hybridized carbons (Fsp3) is 0.632. The summed E-state index contributed by atoms with van der Waals surface area (Å²) in [5.74, 6) is 0.420. The number of amides is 1. The first-order valence-electron chi connectivity index (χ1n) is 8.81. The second-order valence-corrected chi connectivity index (χ2v) is 7.57. The molecule has 3 aliphatic rings. The van der Waals surface area contributed by atoms with Crippen LogP contribution in [0.3, 0.4) is 0 Å². The summed E-state index contributed by atoms with van der Waals surface area (Å²) in [5, 5.41) is 3.27. The molecule has 1 amide bonds. The number of benzene rings is 1. The van der Waals surface area contributed by atoms with Gasteiger partial charge in [-0.05, 0) is 62.7 Å². The van der Waals surface area contributed by atoms with E-state index in [1.807, 2.05) is 0 Å². The Bertz CT molecular complexity index is 533. The van der Waals surface area contributed by atoms with E-state index in [1.165, 1.54) is 56.4 Å². The molecule has 22 heavy (non-hydrogen) atoms. The predicted octanol–water partition coefficient (Wildman–Crippen LogP) is 2.39. The molecule has 1 heterocycles. The monoisotopic (exact) mass is 298 g/mol. The van der Waals surface area contributed by atoms with Crippen molar-refractivity contribution in [3.63, 3.8) is 0 Å². The van der Waals surface area contributed by atoms with Crippen LogP contribution >= 0.6 is 0 Å². The number of likely N-dealkylation sites (tertiary alicyclic amines) is 1. The second-order valence-electron chi connectivity index (χ2n) is 7.57. The van der Waals surface area contributed by atoms with Gasteiger partial charge in [0.2, 0.25) is 5.91 Å². The average Bonchev–Trinajstić information content (AvgIpc) is 2.94. The molecule has 0 aromatic heterocycles. The minimum absolute atomic E-state index is 0.153. The molecule has 1 aromatic rings. The summed E-state index contributed by atoms with van der Waals surface area (Å²) in [7, 11) is 0. The van der Waals surface area contributed by atoms with Crippen LogP contribution in [0.5, 0.6) is 0 Å². The van der Waals surface area contributed by atoms with Crippen molar-refractivity contribution in [2.45, 2.75) is 38.5 Å². The van der Waals surface area contributed by atoms with Gasteiger partial charge in [0.1, 0.15) is 0 Å². The van der Waals surface area contributed by atoms with Crippen LogP contribution in [0.15, 0.2) is 24.3 Å². The Hall–Kier alpha value is -1.35. The maximum Gasteiger partial charge on any atom is 0.223 e. The standard InChI is InChI=1S/C19H26N2O/c22-18(17-11-15-5-1-2-6-16(15)12-17)20-13-19(7-8-19)14-21-9-3-4-10-21/h1-2,5-6,17H,3-4,7-14H2,(H,20,22). The number of hydrogen-bond acceptors (Lipinski definition) is 2. The van der Waals surface area contributed by atoms with Crippen molar-refractivity contribution < 1.29 is 4.79 Å². The van der Waals surface area contributed by atoms with E-state index in [1.54, 1.807) is 0 Å². The minimum Gasteiger partial charge on any atom is -0.355 e. The molecular weight excluding hydrogens is 272 g/mol. The zero-order valence-corrected chi connectivity index (χ0v) is 13.3. The Morgan fingerprint density at radius 2 is 1.77 bits per heavy atom. The quantitative estimate of drug-likeness (QED) is 0.905. The summed E-state index contributed by atoms with van der Waals surface area (Å²) in [5.41, 5.74) is 3.12. The Morgan fingerprint density at radius 3 is 2.36 bits per heavy atom. The maximum absolute atomic E-state index is 12.5. The van der Waals surface area contributed by atoms with Crippen LogP contribution in [0.25, 0.3) is 0 Å². The molecule has 2 fully saturated rings. The van der Waals surface area contributed by atoms with Gasteiger partial charge in [0, 0.05) is 24.4 Å². The van der Waals surface area contributed by atoms with Gasteiger partial charge in [-0.25, -0.2) is 0 Å². The second kappa shape index (κ2) is 5.69. The number of hydrogen-bond donors (Lipinski definition) is 1. The summed E-state index contributed by atoms with van der Waals surface area (Å²) < 4.78 is 0. The Kier molecular flexibility index (Phi) is 3.69. The first-order chi connectivity index (χ1) is 10.7. The summed E-state index contributed by atoms with van der Waals surface area (Å²) >= 11 is 0. The smallest absolute Gasteiger partial charge is 0.223 e. The SMILES string of the molecule is O=C(NCC1(CN2CCCC2)CC1)C1Cc2ccccc2C1.